The minimum Gasteiger partial charge on any atom is -0.480 e. The molecule has 0 aliphatic carbocycles. The zero-order valence-electron chi connectivity index (χ0n) is 24.4. The van der Waals surface area contributed by atoms with Crippen molar-refractivity contribution < 1.29 is 24.3 Å². The maximum Gasteiger partial charge on any atom is 0.326 e. The maximum absolute atomic E-state index is 13.3. The van der Waals surface area contributed by atoms with Crippen LogP contribution in [0.5, 0.6) is 0 Å². The smallest absolute Gasteiger partial charge is 0.326 e. The Morgan fingerprint density at radius 3 is 1.43 bits per heavy atom. The summed E-state index contributed by atoms with van der Waals surface area (Å²) in [7, 11) is 0. The second kappa shape index (κ2) is 20.5. The first-order valence-corrected chi connectivity index (χ1v) is 13.7. The van der Waals surface area contributed by atoms with Crippen molar-refractivity contribution in [2.75, 3.05) is 19.6 Å². The molecule has 0 unspecified atom stereocenters. The second-order valence-electron chi connectivity index (χ2n) is 10.1. The minimum atomic E-state index is -1.25. The molecule has 0 rings (SSSR count). The van der Waals surface area contributed by atoms with Gasteiger partial charge in [0.15, 0.2) is 17.9 Å². The second-order valence-corrected chi connectivity index (χ2v) is 10.1. The number of nitrogens with zero attached hydrogens (tertiary/aromatic N) is 3. The lowest BCUT2D eigenvalue weighted by molar-refractivity contribution is -0.142. The molecule has 0 fully saturated rings. The first-order chi connectivity index (χ1) is 19.6. The third-order valence-corrected chi connectivity index (χ3v) is 5.78. The molecule has 0 radical (unpaired) electrons. The molecule has 0 heterocycles. The van der Waals surface area contributed by atoms with Gasteiger partial charge in [0.05, 0.1) is 6.04 Å². The molecule has 0 aromatic heterocycles. The minimum absolute atomic E-state index is 0.0419. The molecule has 18 heteroatoms. The summed E-state index contributed by atoms with van der Waals surface area (Å²) >= 11 is 0. The molecule has 0 bridgehead atoms. The van der Waals surface area contributed by atoms with E-state index in [1.54, 1.807) is 0 Å². The van der Waals surface area contributed by atoms with Crippen LogP contribution < -0.4 is 56.1 Å². The zero-order chi connectivity index (χ0) is 32.2. The summed E-state index contributed by atoms with van der Waals surface area (Å²) in [5.41, 5.74) is 37.8. The largest absolute Gasteiger partial charge is 0.480 e. The summed E-state index contributed by atoms with van der Waals surface area (Å²) in [6.07, 6.45) is 1.71. The van der Waals surface area contributed by atoms with Crippen molar-refractivity contribution in [2.45, 2.75) is 83.0 Å². The van der Waals surface area contributed by atoms with Crippen LogP contribution in [0.2, 0.25) is 0 Å². The summed E-state index contributed by atoms with van der Waals surface area (Å²) in [5.74, 6) is -3.54. The van der Waals surface area contributed by atoms with Gasteiger partial charge in [-0.3, -0.25) is 29.4 Å². The van der Waals surface area contributed by atoms with Gasteiger partial charge in [-0.1, -0.05) is 13.8 Å². The first-order valence-electron chi connectivity index (χ1n) is 13.7. The van der Waals surface area contributed by atoms with Crippen LogP contribution in [0, 0.1) is 5.92 Å². The zero-order valence-corrected chi connectivity index (χ0v) is 24.4. The van der Waals surface area contributed by atoms with E-state index >= 15 is 0 Å². The molecule has 42 heavy (non-hydrogen) atoms. The highest BCUT2D eigenvalue weighted by Crippen LogP contribution is 2.09. The van der Waals surface area contributed by atoms with E-state index in [9.17, 15) is 24.3 Å². The van der Waals surface area contributed by atoms with Crippen molar-refractivity contribution in [3.63, 3.8) is 0 Å². The van der Waals surface area contributed by atoms with Crippen LogP contribution in [0.4, 0.5) is 0 Å². The quantitative estimate of drug-likeness (QED) is 0.0342. The first kappa shape index (κ1) is 37.6. The molecule has 0 saturated carbocycles. The van der Waals surface area contributed by atoms with E-state index in [2.05, 4.69) is 30.9 Å². The highest BCUT2D eigenvalue weighted by Gasteiger charge is 2.30. The van der Waals surface area contributed by atoms with Gasteiger partial charge >= 0.3 is 5.97 Å². The van der Waals surface area contributed by atoms with Crippen molar-refractivity contribution in [1.29, 1.82) is 0 Å². The predicted octanol–water partition coefficient (Wildman–Crippen LogP) is -3.94. The Labute approximate surface area is 245 Å². The standard InChI is InChI=1S/C24H49N13O5/c1-13(2)12-17(20(40)36-16(21(41)42)8-5-11-34-24(30)31)37-19(39)15(7-4-10-33-23(28)29)35-18(38)14(25)6-3-9-32-22(26)27/h13-17H,3-12,25H2,1-2H3,(H,35,38)(H,36,40)(H,37,39)(H,41,42)(H4,26,27,32)(H4,28,29,33)(H4,30,31,34)/t14-,15-,16-,17-/m0/s1. The molecule has 0 aromatic carbocycles. The highest BCUT2D eigenvalue weighted by molar-refractivity contribution is 5.94. The number of rotatable bonds is 21. The Morgan fingerprint density at radius 1 is 0.619 bits per heavy atom. The number of carbonyl (C=O) groups is 4. The van der Waals surface area contributed by atoms with Crippen LogP contribution in [0.15, 0.2) is 15.0 Å². The molecule has 0 aliphatic heterocycles. The van der Waals surface area contributed by atoms with E-state index in [1.165, 1.54) is 0 Å². The van der Waals surface area contributed by atoms with Gasteiger partial charge in [0.2, 0.25) is 17.7 Å². The summed E-state index contributed by atoms with van der Waals surface area (Å²) in [6, 6.07) is -4.34. The number of hydrogen-bond donors (Lipinski definition) is 11. The van der Waals surface area contributed by atoms with Gasteiger partial charge in [-0.25, -0.2) is 4.79 Å². The molecule has 0 spiro atoms. The number of hydrogen-bond acceptors (Lipinski definition) is 8. The van der Waals surface area contributed by atoms with Gasteiger partial charge in [0.25, 0.3) is 0 Å². The number of carbonyl (C=O) groups excluding carboxylic acids is 3. The number of amides is 3. The Hall–Kier alpha value is -4.35. The fourth-order valence-electron chi connectivity index (χ4n) is 3.71. The molecule has 18 nitrogen and oxygen atoms in total. The van der Waals surface area contributed by atoms with Crippen molar-refractivity contribution in [3.8, 4) is 0 Å². The average molecular weight is 600 g/mol. The van der Waals surface area contributed by atoms with Crippen LogP contribution in [0.3, 0.4) is 0 Å². The van der Waals surface area contributed by atoms with Crippen LogP contribution in [0.1, 0.15) is 58.8 Å². The highest BCUT2D eigenvalue weighted by atomic mass is 16.4. The van der Waals surface area contributed by atoms with Crippen LogP contribution in [-0.4, -0.2) is 90.5 Å². The predicted molar refractivity (Wildman–Crippen MR) is 161 cm³/mol. The number of carboxylic acids is 1. The summed E-state index contributed by atoms with van der Waals surface area (Å²) in [6.45, 7) is 4.34. The van der Waals surface area contributed by atoms with Gasteiger partial charge in [-0.2, -0.15) is 0 Å². The topological polar surface area (TPSA) is 344 Å². The molecule has 4 atom stereocenters. The lowest BCUT2D eigenvalue weighted by Gasteiger charge is -2.26. The van der Waals surface area contributed by atoms with E-state index < -0.39 is 47.9 Å². The average Bonchev–Trinajstić information content (AvgIpc) is 2.88. The van der Waals surface area contributed by atoms with Crippen molar-refractivity contribution >= 4 is 41.6 Å². The number of nitrogens with two attached hydrogens (primary N) is 7. The lowest BCUT2D eigenvalue weighted by Crippen LogP contribution is -2.57. The number of guanidine groups is 3. The third kappa shape index (κ3) is 18.1. The molecule has 0 aromatic rings. The van der Waals surface area contributed by atoms with Gasteiger partial charge in [0.1, 0.15) is 18.1 Å². The van der Waals surface area contributed by atoms with Crippen molar-refractivity contribution in [1.82, 2.24) is 16.0 Å². The van der Waals surface area contributed by atoms with Crippen LogP contribution in [0.25, 0.3) is 0 Å². The van der Waals surface area contributed by atoms with Gasteiger partial charge in [-0.15, -0.1) is 0 Å². The number of aliphatic carboxylic acids is 1. The van der Waals surface area contributed by atoms with E-state index in [-0.39, 0.29) is 69.1 Å². The maximum atomic E-state index is 13.3. The van der Waals surface area contributed by atoms with Crippen LogP contribution in [-0.2, 0) is 19.2 Å². The van der Waals surface area contributed by atoms with E-state index in [0.717, 1.165) is 0 Å². The van der Waals surface area contributed by atoms with Crippen LogP contribution >= 0.6 is 0 Å². The summed E-state index contributed by atoms with van der Waals surface area (Å²) in [4.78, 5) is 62.5. The summed E-state index contributed by atoms with van der Waals surface area (Å²) in [5, 5.41) is 17.3. The Balaban J connectivity index is 5.59. The van der Waals surface area contributed by atoms with Gasteiger partial charge in [-0.05, 0) is 50.9 Å². The third-order valence-electron chi connectivity index (χ3n) is 5.78. The van der Waals surface area contributed by atoms with Gasteiger partial charge < -0.3 is 61.2 Å². The Bertz CT molecular complexity index is 958. The summed E-state index contributed by atoms with van der Waals surface area (Å²) < 4.78 is 0. The monoisotopic (exact) mass is 599 g/mol. The van der Waals surface area contributed by atoms with Crippen molar-refractivity contribution in [3.05, 3.63) is 0 Å². The SMILES string of the molecule is CC(C)C[C@H](NC(=O)[C@H](CCCN=C(N)N)NC(=O)[C@@H](N)CCCN=C(N)N)C(=O)N[C@@H](CCCN=C(N)N)C(=O)O. The fraction of sp³-hybridized carbons (Fsp3) is 0.708. The molecule has 18 N–H and O–H groups in total. The molecule has 0 saturated heterocycles. The molecular weight excluding hydrogens is 550 g/mol. The number of carboxylic acid groups (broad SMARTS) is 1. The van der Waals surface area contributed by atoms with E-state index in [1.807, 2.05) is 13.8 Å². The molecular formula is C24H49N13O5. The Morgan fingerprint density at radius 2 is 1.00 bits per heavy atom. The number of nitrogens with one attached hydrogen (secondary N) is 3. The van der Waals surface area contributed by atoms with Crippen molar-refractivity contribution in [2.24, 2.45) is 61.0 Å². The molecule has 3 amide bonds. The fourth-order valence-corrected chi connectivity index (χ4v) is 3.71. The Kier molecular flexibility index (Phi) is 18.4. The van der Waals surface area contributed by atoms with Gasteiger partial charge in [0, 0.05) is 19.6 Å². The normalized spacial score (nSPS) is 13.5. The lowest BCUT2D eigenvalue weighted by atomic mass is 10.0. The molecule has 240 valence electrons. The van der Waals surface area contributed by atoms with E-state index in [4.69, 9.17) is 40.1 Å². The molecule has 0 aliphatic rings. The van der Waals surface area contributed by atoms with E-state index in [0.29, 0.717) is 19.3 Å². The number of aliphatic imine (C=N–C) groups is 3.